The molecule has 0 bridgehead atoms. The molecule has 0 aromatic rings. The van der Waals surface area contributed by atoms with E-state index in [1.54, 1.807) is 0 Å². The summed E-state index contributed by atoms with van der Waals surface area (Å²) in [6.07, 6.45) is 4.27. The summed E-state index contributed by atoms with van der Waals surface area (Å²) in [5, 5.41) is 12.0. The minimum absolute atomic E-state index is 0.341. The smallest absolute Gasteiger partial charge is 0.320 e. The van der Waals surface area contributed by atoms with Gasteiger partial charge in [0.1, 0.15) is 6.04 Å². The summed E-state index contributed by atoms with van der Waals surface area (Å²) >= 11 is 0. The quantitative estimate of drug-likeness (QED) is 0.661. The third-order valence-electron chi connectivity index (χ3n) is 2.70. The van der Waals surface area contributed by atoms with Crippen molar-refractivity contribution in [2.45, 2.75) is 51.6 Å². The Morgan fingerprint density at radius 3 is 2.77 bits per heavy atom. The van der Waals surface area contributed by atoms with E-state index in [1.807, 2.05) is 6.92 Å². The molecule has 1 aliphatic rings. The molecule has 3 unspecified atom stereocenters. The summed E-state index contributed by atoms with van der Waals surface area (Å²) in [5.41, 5.74) is 0. The van der Waals surface area contributed by atoms with Gasteiger partial charge in [-0.3, -0.25) is 4.79 Å². The molecule has 0 saturated heterocycles. The summed E-state index contributed by atoms with van der Waals surface area (Å²) in [6, 6.07) is 0.132. The number of aliphatic carboxylic acids is 1. The van der Waals surface area contributed by atoms with Crippen molar-refractivity contribution in [2.24, 2.45) is 5.92 Å². The van der Waals surface area contributed by atoms with Gasteiger partial charge in [-0.25, -0.2) is 0 Å². The van der Waals surface area contributed by atoms with Gasteiger partial charge < -0.3 is 10.4 Å². The number of carboxylic acid groups (broad SMARTS) is 1. The van der Waals surface area contributed by atoms with E-state index in [2.05, 4.69) is 12.2 Å². The molecule has 0 aliphatic heterocycles. The van der Waals surface area contributed by atoms with Gasteiger partial charge in [0.2, 0.25) is 0 Å². The maximum absolute atomic E-state index is 10.7. The highest BCUT2D eigenvalue weighted by Crippen LogP contribution is 2.34. The van der Waals surface area contributed by atoms with Crippen molar-refractivity contribution in [3.8, 4) is 0 Å². The van der Waals surface area contributed by atoms with Crippen LogP contribution in [0.25, 0.3) is 0 Å². The molecule has 76 valence electrons. The molecule has 0 spiro atoms. The SMILES string of the molecule is CCCC1CC1NC(CC)C(=O)O. The molecular formula is C10H19NO2. The second-order valence-corrected chi connectivity index (χ2v) is 3.86. The molecule has 0 heterocycles. The highest BCUT2D eigenvalue weighted by atomic mass is 16.4. The van der Waals surface area contributed by atoms with Crippen LogP contribution in [0, 0.1) is 5.92 Å². The van der Waals surface area contributed by atoms with Gasteiger partial charge in [-0.15, -0.1) is 0 Å². The third-order valence-corrected chi connectivity index (χ3v) is 2.70. The lowest BCUT2D eigenvalue weighted by atomic mass is 10.2. The van der Waals surface area contributed by atoms with Gasteiger partial charge in [0.25, 0.3) is 0 Å². The third kappa shape index (κ3) is 2.99. The maximum Gasteiger partial charge on any atom is 0.320 e. The van der Waals surface area contributed by atoms with E-state index in [1.165, 1.54) is 12.8 Å². The summed E-state index contributed by atoms with van der Waals surface area (Å²) < 4.78 is 0. The van der Waals surface area contributed by atoms with Gasteiger partial charge in [-0.2, -0.15) is 0 Å². The molecule has 0 radical (unpaired) electrons. The van der Waals surface area contributed by atoms with E-state index in [0.29, 0.717) is 12.5 Å². The highest BCUT2D eigenvalue weighted by molar-refractivity contribution is 5.73. The van der Waals surface area contributed by atoms with Gasteiger partial charge >= 0.3 is 5.97 Å². The van der Waals surface area contributed by atoms with Crippen molar-refractivity contribution in [2.75, 3.05) is 0 Å². The lowest BCUT2D eigenvalue weighted by molar-refractivity contribution is -0.139. The first-order valence-corrected chi connectivity index (χ1v) is 5.17. The Labute approximate surface area is 79.5 Å². The van der Waals surface area contributed by atoms with Crippen LogP contribution in [0.3, 0.4) is 0 Å². The summed E-state index contributed by atoms with van der Waals surface area (Å²) in [6.45, 7) is 4.08. The molecule has 1 aliphatic carbocycles. The normalized spacial score (nSPS) is 28.5. The lowest BCUT2D eigenvalue weighted by Gasteiger charge is -2.11. The minimum Gasteiger partial charge on any atom is -0.480 e. The zero-order valence-electron chi connectivity index (χ0n) is 8.42. The van der Waals surface area contributed by atoms with Crippen LogP contribution in [0.5, 0.6) is 0 Å². The van der Waals surface area contributed by atoms with Crippen LogP contribution in [-0.2, 0) is 4.79 Å². The Morgan fingerprint density at radius 2 is 2.31 bits per heavy atom. The molecule has 0 amide bonds. The van der Waals surface area contributed by atoms with Crippen LogP contribution in [0.1, 0.15) is 39.5 Å². The van der Waals surface area contributed by atoms with E-state index in [9.17, 15) is 4.79 Å². The Morgan fingerprint density at radius 1 is 1.62 bits per heavy atom. The fraction of sp³-hybridized carbons (Fsp3) is 0.900. The van der Waals surface area contributed by atoms with Crippen molar-refractivity contribution >= 4 is 5.97 Å². The fourth-order valence-corrected chi connectivity index (χ4v) is 1.76. The van der Waals surface area contributed by atoms with Crippen molar-refractivity contribution in [3.63, 3.8) is 0 Å². The molecule has 0 aromatic heterocycles. The van der Waals surface area contributed by atoms with E-state index in [-0.39, 0.29) is 6.04 Å². The van der Waals surface area contributed by atoms with Crippen molar-refractivity contribution < 1.29 is 9.90 Å². The predicted octanol–water partition coefficient (Wildman–Crippen LogP) is 1.63. The summed E-state index contributed by atoms with van der Waals surface area (Å²) in [7, 11) is 0. The largest absolute Gasteiger partial charge is 0.480 e. The molecule has 3 atom stereocenters. The highest BCUT2D eigenvalue weighted by Gasteiger charge is 2.38. The van der Waals surface area contributed by atoms with Crippen molar-refractivity contribution in [1.82, 2.24) is 5.32 Å². The first-order valence-electron chi connectivity index (χ1n) is 5.17. The van der Waals surface area contributed by atoms with Crippen LogP contribution >= 0.6 is 0 Å². The van der Waals surface area contributed by atoms with E-state index >= 15 is 0 Å². The summed E-state index contributed by atoms with van der Waals surface area (Å²) in [4.78, 5) is 10.7. The first kappa shape index (κ1) is 10.5. The molecule has 2 N–H and O–H groups in total. The van der Waals surface area contributed by atoms with Gasteiger partial charge in [0, 0.05) is 6.04 Å². The van der Waals surface area contributed by atoms with Crippen LogP contribution in [0.4, 0.5) is 0 Å². The summed E-state index contributed by atoms with van der Waals surface area (Å²) in [5.74, 6) is 0.0167. The van der Waals surface area contributed by atoms with Crippen LogP contribution in [0.15, 0.2) is 0 Å². The monoisotopic (exact) mass is 185 g/mol. The average molecular weight is 185 g/mol. The van der Waals surface area contributed by atoms with E-state index < -0.39 is 5.97 Å². The molecule has 3 heteroatoms. The Bertz CT molecular complexity index is 182. The predicted molar refractivity (Wildman–Crippen MR) is 51.7 cm³/mol. The van der Waals surface area contributed by atoms with Crippen LogP contribution in [0.2, 0.25) is 0 Å². The Hall–Kier alpha value is -0.570. The van der Waals surface area contributed by atoms with E-state index in [4.69, 9.17) is 5.11 Å². The number of hydrogen-bond acceptors (Lipinski definition) is 2. The van der Waals surface area contributed by atoms with E-state index in [0.717, 1.165) is 12.3 Å². The molecule has 1 saturated carbocycles. The number of rotatable bonds is 6. The van der Waals surface area contributed by atoms with Crippen LogP contribution < -0.4 is 5.32 Å². The van der Waals surface area contributed by atoms with Gasteiger partial charge in [-0.1, -0.05) is 20.3 Å². The van der Waals surface area contributed by atoms with Gasteiger partial charge in [0.15, 0.2) is 0 Å². The van der Waals surface area contributed by atoms with Gasteiger partial charge in [0.05, 0.1) is 0 Å². The second kappa shape index (κ2) is 4.61. The maximum atomic E-state index is 10.7. The van der Waals surface area contributed by atoms with Gasteiger partial charge in [-0.05, 0) is 25.2 Å². The number of nitrogens with one attached hydrogen (secondary N) is 1. The number of carboxylic acids is 1. The zero-order valence-corrected chi connectivity index (χ0v) is 8.42. The van der Waals surface area contributed by atoms with Crippen LogP contribution in [-0.4, -0.2) is 23.2 Å². The average Bonchev–Trinajstić information content (AvgIpc) is 2.79. The molecule has 3 nitrogen and oxygen atoms in total. The number of carbonyl (C=O) groups is 1. The van der Waals surface area contributed by atoms with Crippen molar-refractivity contribution in [3.05, 3.63) is 0 Å². The second-order valence-electron chi connectivity index (χ2n) is 3.86. The fourth-order valence-electron chi connectivity index (χ4n) is 1.76. The van der Waals surface area contributed by atoms with Crippen molar-refractivity contribution in [1.29, 1.82) is 0 Å². The first-order chi connectivity index (χ1) is 6.19. The molecule has 13 heavy (non-hydrogen) atoms. The zero-order chi connectivity index (χ0) is 9.84. The minimum atomic E-state index is -0.718. The Balaban J connectivity index is 2.21. The molecular weight excluding hydrogens is 166 g/mol. The molecule has 1 fully saturated rings. The molecule has 0 aromatic carbocycles. The standard InChI is InChI=1S/C10H19NO2/c1-3-5-7-6-9(7)11-8(4-2)10(12)13/h7-9,11H,3-6H2,1-2H3,(H,12,13). The Kier molecular flexibility index (Phi) is 3.72. The number of hydrogen-bond donors (Lipinski definition) is 2. The topological polar surface area (TPSA) is 49.3 Å². The molecule has 1 rings (SSSR count). The lowest BCUT2D eigenvalue weighted by Crippen LogP contribution is -2.38.